The smallest absolute Gasteiger partial charge is 0.328 e. The van der Waals surface area contributed by atoms with E-state index in [0.717, 1.165) is 38.4 Å². The van der Waals surface area contributed by atoms with Crippen LogP contribution < -0.4 is 4.90 Å². The minimum absolute atomic E-state index is 0.558. The van der Waals surface area contributed by atoms with Crippen molar-refractivity contribution in [1.29, 1.82) is 0 Å². The second-order valence-electron chi connectivity index (χ2n) is 7.83. The Morgan fingerprint density at radius 3 is 2.28 bits per heavy atom. The number of hydrogen-bond donors (Lipinski definition) is 2. The summed E-state index contributed by atoms with van der Waals surface area (Å²) in [7, 11) is 2.20. The molecule has 2 N–H and O–H groups in total. The zero-order valence-electron chi connectivity index (χ0n) is 18.9. The van der Waals surface area contributed by atoms with E-state index < -0.39 is 11.9 Å². The van der Waals surface area contributed by atoms with Crippen LogP contribution in [0.25, 0.3) is 11.1 Å². The van der Waals surface area contributed by atoms with Crippen LogP contribution in [0.15, 0.2) is 41.1 Å². The summed E-state index contributed by atoms with van der Waals surface area (Å²) >= 11 is 1.77. The fourth-order valence-corrected chi connectivity index (χ4v) is 4.03. The molecule has 1 fully saturated rings. The number of pyridine rings is 1. The van der Waals surface area contributed by atoms with Gasteiger partial charge in [-0.3, -0.25) is 0 Å². The summed E-state index contributed by atoms with van der Waals surface area (Å²) in [5, 5.41) is 20.0. The van der Waals surface area contributed by atoms with Crippen LogP contribution in [-0.4, -0.2) is 65.3 Å². The second-order valence-corrected chi connectivity index (χ2v) is 8.61. The maximum Gasteiger partial charge on any atom is 0.328 e. The zero-order chi connectivity index (χ0) is 23.3. The second kappa shape index (κ2) is 13.6. The van der Waals surface area contributed by atoms with E-state index in [4.69, 9.17) is 15.2 Å². The lowest BCUT2D eigenvalue weighted by Gasteiger charge is -2.33. The molecule has 1 aliphatic heterocycles. The monoisotopic (exact) mass is 459 g/mol. The molecule has 0 saturated carbocycles. The van der Waals surface area contributed by atoms with E-state index in [1.54, 1.807) is 11.3 Å². The van der Waals surface area contributed by atoms with E-state index in [1.165, 1.54) is 42.5 Å². The third-order valence-electron chi connectivity index (χ3n) is 5.20. The lowest BCUT2D eigenvalue weighted by Crippen LogP contribution is -2.44. The maximum atomic E-state index is 9.55. The molecule has 3 heterocycles. The molecule has 174 valence electrons. The summed E-state index contributed by atoms with van der Waals surface area (Å²) in [6.45, 7) is 6.66. The fraction of sp³-hybridized carbons (Fsp3) is 0.458. The van der Waals surface area contributed by atoms with Gasteiger partial charge in [0.1, 0.15) is 5.82 Å². The van der Waals surface area contributed by atoms with Crippen LogP contribution in [-0.2, 0) is 16.0 Å². The normalized spacial score (nSPS) is 14.2. The van der Waals surface area contributed by atoms with E-state index >= 15 is 0 Å². The molecule has 0 atom stereocenters. The molecule has 32 heavy (non-hydrogen) atoms. The highest BCUT2D eigenvalue weighted by Crippen LogP contribution is 2.27. The van der Waals surface area contributed by atoms with Crippen molar-refractivity contribution >= 4 is 29.1 Å². The average Bonchev–Trinajstić information content (AvgIpc) is 3.31. The molecule has 0 spiro atoms. The number of hydrogen-bond acceptors (Lipinski definition) is 6. The molecular weight excluding hydrogens is 426 g/mol. The van der Waals surface area contributed by atoms with Crippen molar-refractivity contribution in [1.82, 2.24) is 9.88 Å². The molecule has 1 saturated heterocycles. The predicted octanol–water partition coefficient (Wildman–Crippen LogP) is 4.40. The SMILES string of the molecule is CCCCCCc1cc(-c2ccsc2)cc(N2CCN(C)CC2)n1.O=C(O)/C=C/C(=O)O. The van der Waals surface area contributed by atoms with Gasteiger partial charge in [0.2, 0.25) is 0 Å². The van der Waals surface area contributed by atoms with Crippen LogP contribution >= 0.6 is 11.3 Å². The van der Waals surface area contributed by atoms with Gasteiger partial charge in [-0.2, -0.15) is 11.3 Å². The number of aryl methyl sites for hydroxylation is 1. The third-order valence-corrected chi connectivity index (χ3v) is 5.88. The Balaban J connectivity index is 0.000000390. The number of likely N-dealkylation sites (N-methyl/N-ethyl adjacent to an activating group) is 1. The molecule has 1 aliphatic rings. The maximum absolute atomic E-state index is 9.55. The Bertz CT molecular complexity index is 859. The average molecular weight is 460 g/mol. The van der Waals surface area contributed by atoms with Gasteiger partial charge in [0.05, 0.1) is 0 Å². The van der Waals surface area contributed by atoms with Crippen LogP contribution in [0.3, 0.4) is 0 Å². The topological polar surface area (TPSA) is 94.0 Å². The van der Waals surface area contributed by atoms with Gasteiger partial charge in [0.15, 0.2) is 0 Å². The number of unbranched alkanes of at least 4 members (excludes halogenated alkanes) is 3. The largest absolute Gasteiger partial charge is 0.478 e. The minimum Gasteiger partial charge on any atom is -0.478 e. The van der Waals surface area contributed by atoms with E-state index in [9.17, 15) is 9.59 Å². The van der Waals surface area contributed by atoms with E-state index in [2.05, 4.69) is 52.7 Å². The predicted molar refractivity (Wildman–Crippen MR) is 130 cm³/mol. The number of anilines is 1. The van der Waals surface area contributed by atoms with Crippen molar-refractivity contribution in [3.63, 3.8) is 0 Å². The zero-order valence-corrected chi connectivity index (χ0v) is 19.7. The molecule has 0 aromatic carbocycles. The van der Waals surface area contributed by atoms with E-state index in [-0.39, 0.29) is 0 Å². The van der Waals surface area contributed by atoms with Gasteiger partial charge in [-0.1, -0.05) is 26.2 Å². The van der Waals surface area contributed by atoms with Crippen LogP contribution in [0.4, 0.5) is 5.82 Å². The lowest BCUT2D eigenvalue weighted by atomic mass is 10.1. The highest BCUT2D eigenvalue weighted by molar-refractivity contribution is 7.08. The Morgan fingerprint density at radius 2 is 1.72 bits per heavy atom. The van der Waals surface area contributed by atoms with Crippen LogP contribution in [0.2, 0.25) is 0 Å². The number of piperazine rings is 1. The summed E-state index contributed by atoms with van der Waals surface area (Å²) in [5.74, 6) is -1.35. The van der Waals surface area contributed by atoms with Gasteiger partial charge in [-0.25, -0.2) is 14.6 Å². The Kier molecular flexibility index (Phi) is 10.9. The van der Waals surface area contributed by atoms with E-state index in [0.29, 0.717) is 12.2 Å². The molecule has 3 rings (SSSR count). The first-order valence-corrected chi connectivity index (χ1v) is 11.9. The van der Waals surface area contributed by atoms with Crippen molar-refractivity contribution in [3.8, 4) is 11.1 Å². The van der Waals surface area contributed by atoms with Crippen LogP contribution in [0.1, 0.15) is 38.3 Å². The Labute approximate surface area is 194 Å². The molecule has 0 unspecified atom stereocenters. The summed E-state index contributed by atoms with van der Waals surface area (Å²) in [6.07, 6.45) is 7.38. The number of carboxylic acid groups (broad SMARTS) is 2. The van der Waals surface area contributed by atoms with Crippen molar-refractivity contribution in [2.24, 2.45) is 0 Å². The van der Waals surface area contributed by atoms with Gasteiger partial charge in [0, 0.05) is 44.0 Å². The van der Waals surface area contributed by atoms with Gasteiger partial charge < -0.3 is 20.0 Å². The quantitative estimate of drug-likeness (QED) is 0.424. The molecule has 0 aliphatic carbocycles. The Morgan fingerprint density at radius 1 is 1.03 bits per heavy atom. The lowest BCUT2D eigenvalue weighted by molar-refractivity contribution is -0.134. The number of aromatic nitrogens is 1. The molecule has 0 amide bonds. The summed E-state index contributed by atoms with van der Waals surface area (Å²) < 4.78 is 0. The van der Waals surface area contributed by atoms with Crippen LogP contribution in [0.5, 0.6) is 0 Å². The summed E-state index contributed by atoms with van der Waals surface area (Å²) in [6, 6.07) is 6.80. The highest BCUT2D eigenvalue weighted by atomic mass is 32.1. The molecule has 0 bridgehead atoms. The Hall–Kier alpha value is -2.71. The summed E-state index contributed by atoms with van der Waals surface area (Å²) in [4.78, 5) is 29.0. The van der Waals surface area contributed by atoms with Gasteiger partial charge in [-0.15, -0.1) is 0 Å². The summed E-state index contributed by atoms with van der Waals surface area (Å²) in [5.41, 5.74) is 3.90. The standard InChI is InChI=1S/C20H29N3S.C4H4O4/c1-3-4-5-6-7-19-14-18(17-8-13-24-16-17)15-20(21-19)23-11-9-22(2)10-12-23;5-3(6)1-2-4(7)8/h8,13-16H,3-7,9-12H2,1-2H3;1-2H,(H,5,6)(H,7,8)/b;2-1+. The van der Waals surface area contributed by atoms with Gasteiger partial charge in [-0.05, 0) is 60.0 Å². The first-order valence-electron chi connectivity index (χ1n) is 11.0. The number of rotatable bonds is 9. The number of thiophene rings is 1. The van der Waals surface area contributed by atoms with Crippen molar-refractivity contribution in [2.45, 2.75) is 39.0 Å². The first-order chi connectivity index (χ1) is 15.4. The van der Waals surface area contributed by atoms with Crippen molar-refractivity contribution in [3.05, 3.63) is 46.8 Å². The molecule has 2 aromatic rings. The fourth-order valence-electron chi connectivity index (χ4n) is 3.37. The van der Waals surface area contributed by atoms with E-state index in [1.807, 2.05) is 0 Å². The number of carboxylic acids is 2. The third kappa shape index (κ3) is 9.20. The number of carbonyl (C=O) groups is 2. The van der Waals surface area contributed by atoms with Crippen molar-refractivity contribution < 1.29 is 19.8 Å². The van der Waals surface area contributed by atoms with Gasteiger partial charge >= 0.3 is 11.9 Å². The molecule has 2 aromatic heterocycles. The molecular formula is C24H33N3O4S. The minimum atomic E-state index is -1.26. The molecule has 8 heteroatoms. The van der Waals surface area contributed by atoms with Crippen molar-refractivity contribution in [2.75, 3.05) is 38.1 Å². The van der Waals surface area contributed by atoms with Crippen LogP contribution in [0, 0.1) is 0 Å². The number of nitrogens with zero attached hydrogens (tertiary/aromatic N) is 3. The molecule has 7 nitrogen and oxygen atoms in total. The highest BCUT2D eigenvalue weighted by Gasteiger charge is 2.17. The number of aliphatic carboxylic acids is 2. The first kappa shape index (κ1) is 25.5. The van der Waals surface area contributed by atoms with Gasteiger partial charge in [0.25, 0.3) is 0 Å². The molecule has 0 radical (unpaired) electrons.